The number of benzene rings is 1. The molecule has 134 valence electrons. The van der Waals surface area contributed by atoms with Crippen molar-refractivity contribution in [2.24, 2.45) is 0 Å². The van der Waals surface area contributed by atoms with Gasteiger partial charge in [0.2, 0.25) is 15.9 Å². The van der Waals surface area contributed by atoms with Crippen molar-refractivity contribution in [3.63, 3.8) is 0 Å². The van der Waals surface area contributed by atoms with E-state index in [9.17, 15) is 13.2 Å². The summed E-state index contributed by atoms with van der Waals surface area (Å²) in [6.07, 6.45) is 1.33. The van der Waals surface area contributed by atoms with Gasteiger partial charge in [-0.3, -0.25) is 4.79 Å². The molecule has 0 aliphatic carbocycles. The molecule has 1 aliphatic heterocycles. The smallest absolute Gasteiger partial charge is 0.224 e. The second-order valence-electron chi connectivity index (χ2n) is 5.69. The zero-order valence-corrected chi connectivity index (χ0v) is 14.9. The van der Waals surface area contributed by atoms with Crippen LogP contribution in [-0.4, -0.2) is 69.7 Å². The fourth-order valence-corrected chi connectivity index (χ4v) is 3.29. The van der Waals surface area contributed by atoms with Gasteiger partial charge in [-0.1, -0.05) is 12.1 Å². The molecule has 2 rings (SSSR count). The first-order valence-corrected chi connectivity index (χ1v) is 9.68. The predicted octanol–water partition coefficient (Wildman–Crippen LogP) is 0.706. The first kappa shape index (κ1) is 18.7. The first-order chi connectivity index (χ1) is 11.4. The van der Waals surface area contributed by atoms with Crippen molar-refractivity contribution in [2.75, 3.05) is 46.2 Å². The Morgan fingerprint density at radius 2 is 1.88 bits per heavy atom. The van der Waals surface area contributed by atoms with E-state index in [1.54, 1.807) is 24.1 Å². The fourth-order valence-electron chi connectivity index (χ4n) is 2.49. The number of sulfonamides is 1. The van der Waals surface area contributed by atoms with Gasteiger partial charge in [-0.15, -0.1) is 0 Å². The van der Waals surface area contributed by atoms with E-state index in [1.807, 2.05) is 12.1 Å². The highest BCUT2D eigenvalue weighted by atomic mass is 32.2. The molecule has 0 N–H and O–H groups in total. The van der Waals surface area contributed by atoms with Gasteiger partial charge in [-0.05, 0) is 17.7 Å². The second-order valence-corrected chi connectivity index (χ2v) is 7.67. The maximum atomic E-state index is 12.2. The van der Waals surface area contributed by atoms with Crippen molar-refractivity contribution in [3.05, 3.63) is 29.8 Å². The van der Waals surface area contributed by atoms with Gasteiger partial charge in [0.25, 0.3) is 0 Å². The van der Waals surface area contributed by atoms with E-state index in [-0.39, 0.29) is 25.4 Å². The lowest BCUT2D eigenvalue weighted by Crippen LogP contribution is -2.42. The summed E-state index contributed by atoms with van der Waals surface area (Å²) in [5, 5.41) is 0. The number of hydrogen-bond acceptors (Lipinski definition) is 5. The Bertz CT molecular complexity index is 639. The highest BCUT2D eigenvalue weighted by molar-refractivity contribution is 7.88. The molecule has 1 saturated heterocycles. The van der Waals surface area contributed by atoms with Crippen molar-refractivity contribution in [3.8, 4) is 5.75 Å². The molecule has 0 aromatic heterocycles. The van der Waals surface area contributed by atoms with Crippen LogP contribution in [0.2, 0.25) is 0 Å². The minimum atomic E-state index is -3.40. The number of ether oxygens (including phenoxy) is 2. The Balaban J connectivity index is 1.96. The molecular weight excluding hydrogens is 332 g/mol. The number of carbonyl (C=O) groups is 1. The summed E-state index contributed by atoms with van der Waals surface area (Å²) in [7, 11) is -1.82. The molecule has 0 radical (unpaired) electrons. The zero-order valence-electron chi connectivity index (χ0n) is 14.1. The third-order valence-electron chi connectivity index (χ3n) is 3.93. The number of amides is 1. The number of hydrogen-bond donors (Lipinski definition) is 0. The number of rotatable bonds is 7. The predicted molar refractivity (Wildman–Crippen MR) is 90.3 cm³/mol. The molecule has 0 bridgehead atoms. The number of morpholine rings is 1. The Labute approximate surface area is 143 Å². The van der Waals surface area contributed by atoms with E-state index >= 15 is 0 Å². The monoisotopic (exact) mass is 356 g/mol. The standard InChI is InChI=1S/C16H24N2O5S/c1-22-15-5-3-14(4-6-15)13-18(24(2,20)21)8-7-16(19)17-9-11-23-12-10-17/h3-6H,7-13H2,1-2H3. The summed E-state index contributed by atoms with van der Waals surface area (Å²) in [4.78, 5) is 13.9. The largest absolute Gasteiger partial charge is 0.497 e. The van der Waals surface area contributed by atoms with Gasteiger partial charge in [0.05, 0.1) is 26.6 Å². The van der Waals surface area contributed by atoms with Crippen LogP contribution in [0.5, 0.6) is 5.75 Å². The van der Waals surface area contributed by atoms with E-state index in [4.69, 9.17) is 9.47 Å². The summed E-state index contributed by atoms with van der Waals surface area (Å²) in [5.74, 6) is 0.675. The van der Waals surface area contributed by atoms with Gasteiger partial charge < -0.3 is 14.4 Å². The van der Waals surface area contributed by atoms with Gasteiger partial charge in [0.15, 0.2) is 0 Å². The molecule has 24 heavy (non-hydrogen) atoms. The molecule has 1 aromatic rings. The summed E-state index contributed by atoms with van der Waals surface area (Å²) >= 11 is 0. The number of methoxy groups -OCH3 is 1. The minimum Gasteiger partial charge on any atom is -0.497 e. The molecule has 8 heteroatoms. The van der Waals surface area contributed by atoms with E-state index in [0.717, 1.165) is 11.8 Å². The van der Waals surface area contributed by atoms with E-state index in [2.05, 4.69) is 0 Å². The van der Waals surface area contributed by atoms with Crippen molar-refractivity contribution >= 4 is 15.9 Å². The molecular formula is C16H24N2O5S. The van der Waals surface area contributed by atoms with Gasteiger partial charge in [0.1, 0.15) is 5.75 Å². The van der Waals surface area contributed by atoms with E-state index in [0.29, 0.717) is 32.1 Å². The van der Waals surface area contributed by atoms with E-state index in [1.165, 1.54) is 4.31 Å². The van der Waals surface area contributed by atoms with Crippen LogP contribution in [0.1, 0.15) is 12.0 Å². The number of nitrogens with zero attached hydrogens (tertiary/aromatic N) is 2. The van der Waals surface area contributed by atoms with Gasteiger partial charge in [-0.25, -0.2) is 8.42 Å². The molecule has 0 spiro atoms. The third-order valence-corrected chi connectivity index (χ3v) is 5.18. The molecule has 0 atom stereocenters. The average molecular weight is 356 g/mol. The Kier molecular flexibility index (Phi) is 6.59. The maximum absolute atomic E-state index is 12.2. The molecule has 0 saturated carbocycles. The lowest BCUT2D eigenvalue weighted by molar-refractivity contribution is -0.135. The number of carbonyl (C=O) groups excluding carboxylic acids is 1. The molecule has 7 nitrogen and oxygen atoms in total. The molecule has 1 amide bonds. The van der Waals surface area contributed by atoms with Crippen molar-refractivity contribution in [2.45, 2.75) is 13.0 Å². The van der Waals surface area contributed by atoms with Crippen LogP contribution in [0.4, 0.5) is 0 Å². The van der Waals surface area contributed by atoms with Gasteiger partial charge >= 0.3 is 0 Å². The molecule has 1 heterocycles. The quantitative estimate of drug-likeness (QED) is 0.719. The lowest BCUT2D eigenvalue weighted by Gasteiger charge is -2.28. The Morgan fingerprint density at radius 3 is 2.42 bits per heavy atom. The van der Waals surface area contributed by atoms with Gasteiger partial charge in [0, 0.05) is 32.6 Å². The summed E-state index contributed by atoms with van der Waals surface area (Å²) in [5.41, 5.74) is 0.847. The lowest BCUT2D eigenvalue weighted by atomic mass is 10.2. The fraction of sp³-hybridized carbons (Fsp3) is 0.562. The molecule has 0 unspecified atom stereocenters. The highest BCUT2D eigenvalue weighted by Crippen LogP contribution is 2.15. The van der Waals surface area contributed by atoms with Crippen LogP contribution in [0.15, 0.2) is 24.3 Å². The van der Waals surface area contributed by atoms with E-state index < -0.39 is 10.0 Å². The van der Waals surface area contributed by atoms with Crippen molar-refractivity contribution < 1.29 is 22.7 Å². The van der Waals surface area contributed by atoms with Crippen molar-refractivity contribution in [1.29, 1.82) is 0 Å². The molecule has 1 aliphatic rings. The SMILES string of the molecule is COc1ccc(CN(CCC(=O)N2CCOCC2)S(C)(=O)=O)cc1. The zero-order chi connectivity index (χ0) is 17.6. The summed E-state index contributed by atoms with van der Waals surface area (Å²) in [6.45, 7) is 2.60. The van der Waals surface area contributed by atoms with Crippen LogP contribution in [0.25, 0.3) is 0 Å². The van der Waals surface area contributed by atoms with Crippen LogP contribution >= 0.6 is 0 Å². The van der Waals surface area contributed by atoms with Crippen LogP contribution < -0.4 is 4.74 Å². The van der Waals surface area contributed by atoms with Crippen LogP contribution in [0.3, 0.4) is 0 Å². The maximum Gasteiger partial charge on any atom is 0.224 e. The third kappa shape index (κ3) is 5.47. The Hall–Kier alpha value is -1.64. The van der Waals surface area contributed by atoms with Crippen molar-refractivity contribution in [1.82, 2.24) is 9.21 Å². The van der Waals surface area contributed by atoms with Crippen LogP contribution in [-0.2, 0) is 26.1 Å². The normalized spacial score (nSPS) is 15.5. The molecule has 1 aromatic carbocycles. The van der Waals surface area contributed by atoms with Crippen LogP contribution in [0, 0.1) is 0 Å². The first-order valence-electron chi connectivity index (χ1n) is 7.83. The second kappa shape index (κ2) is 8.46. The topological polar surface area (TPSA) is 76.2 Å². The molecule has 1 fully saturated rings. The van der Waals surface area contributed by atoms with Gasteiger partial charge in [-0.2, -0.15) is 4.31 Å². The summed E-state index contributed by atoms with van der Waals surface area (Å²) < 4.78 is 35.6. The highest BCUT2D eigenvalue weighted by Gasteiger charge is 2.21. The summed E-state index contributed by atoms with van der Waals surface area (Å²) in [6, 6.07) is 7.21. The average Bonchev–Trinajstić information content (AvgIpc) is 2.58. The minimum absolute atomic E-state index is 0.0401. The Morgan fingerprint density at radius 1 is 1.25 bits per heavy atom.